The van der Waals surface area contributed by atoms with Gasteiger partial charge in [0, 0.05) is 20.0 Å². The average molecular weight is 241 g/mol. The maximum absolute atomic E-state index is 5.57. The molecule has 92 valence electrons. The van der Waals surface area contributed by atoms with Crippen molar-refractivity contribution >= 4 is 5.78 Å². The second-order valence-corrected chi connectivity index (χ2v) is 4.32. The van der Waals surface area contributed by atoms with E-state index in [0.29, 0.717) is 6.54 Å². The Bertz CT molecular complexity index is 665. The van der Waals surface area contributed by atoms with E-state index in [0.717, 1.165) is 23.7 Å². The summed E-state index contributed by atoms with van der Waals surface area (Å²) in [5.74, 6) is 1.83. The van der Waals surface area contributed by atoms with Crippen molar-refractivity contribution in [3.63, 3.8) is 0 Å². The highest BCUT2D eigenvalue weighted by atomic mass is 15.4. The number of hydrogen-bond donors (Lipinski definition) is 1. The summed E-state index contributed by atoms with van der Waals surface area (Å²) in [4.78, 5) is 4.43. The number of benzene rings is 1. The molecule has 3 aromatic rings. The van der Waals surface area contributed by atoms with Crippen LogP contribution in [0.25, 0.3) is 5.78 Å². The Morgan fingerprint density at radius 2 is 2.00 bits per heavy atom. The third-order valence-corrected chi connectivity index (χ3v) is 3.04. The van der Waals surface area contributed by atoms with Gasteiger partial charge >= 0.3 is 0 Å². The molecule has 0 bridgehead atoms. The van der Waals surface area contributed by atoms with Gasteiger partial charge in [-0.25, -0.2) is 9.50 Å². The zero-order valence-corrected chi connectivity index (χ0v) is 10.2. The molecule has 0 atom stereocenters. The van der Waals surface area contributed by atoms with Crippen LogP contribution in [-0.4, -0.2) is 19.2 Å². The Kier molecular flexibility index (Phi) is 2.60. The maximum atomic E-state index is 5.57. The van der Waals surface area contributed by atoms with E-state index in [4.69, 9.17) is 5.73 Å². The second kappa shape index (κ2) is 4.27. The zero-order valence-electron chi connectivity index (χ0n) is 10.2. The quantitative estimate of drug-likeness (QED) is 0.747. The van der Waals surface area contributed by atoms with Gasteiger partial charge in [-0.15, -0.1) is 0 Å². The molecule has 3 rings (SSSR count). The van der Waals surface area contributed by atoms with E-state index in [2.05, 4.69) is 22.2 Å². The van der Waals surface area contributed by atoms with Crippen molar-refractivity contribution < 1.29 is 0 Å². The minimum absolute atomic E-state index is 0.442. The first kappa shape index (κ1) is 11.0. The molecule has 0 unspecified atom stereocenters. The predicted octanol–water partition coefficient (Wildman–Crippen LogP) is 1.12. The van der Waals surface area contributed by atoms with Crippen molar-refractivity contribution in [3.05, 3.63) is 53.6 Å². The summed E-state index contributed by atoms with van der Waals surface area (Å²) in [7, 11) is 1.98. The molecular weight excluding hydrogens is 226 g/mol. The van der Waals surface area contributed by atoms with Gasteiger partial charge in [-0.2, -0.15) is 5.10 Å². The molecular formula is C13H15N5. The van der Waals surface area contributed by atoms with Crippen LogP contribution >= 0.6 is 0 Å². The molecule has 2 aromatic heterocycles. The van der Waals surface area contributed by atoms with E-state index < -0.39 is 0 Å². The van der Waals surface area contributed by atoms with Crippen LogP contribution in [0.4, 0.5) is 0 Å². The van der Waals surface area contributed by atoms with Crippen LogP contribution in [0.1, 0.15) is 17.1 Å². The summed E-state index contributed by atoms with van der Waals surface area (Å²) >= 11 is 0. The van der Waals surface area contributed by atoms with Gasteiger partial charge in [0.05, 0.1) is 11.9 Å². The van der Waals surface area contributed by atoms with Crippen LogP contribution in [0, 0.1) is 0 Å². The predicted molar refractivity (Wildman–Crippen MR) is 69.1 cm³/mol. The van der Waals surface area contributed by atoms with Gasteiger partial charge in [-0.05, 0) is 5.56 Å². The fourth-order valence-electron chi connectivity index (χ4n) is 2.05. The zero-order chi connectivity index (χ0) is 12.5. The Morgan fingerprint density at radius 3 is 2.67 bits per heavy atom. The first-order valence-electron chi connectivity index (χ1n) is 5.92. The number of rotatable bonds is 3. The Balaban J connectivity index is 1.98. The highest BCUT2D eigenvalue weighted by Gasteiger charge is 2.11. The second-order valence-electron chi connectivity index (χ2n) is 4.32. The van der Waals surface area contributed by atoms with E-state index >= 15 is 0 Å². The lowest BCUT2D eigenvalue weighted by molar-refractivity contribution is 0.818. The number of aromatic nitrogens is 4. The van der Waals surface area contributed by atoms with E-state index in [9.17, 15) is 0 Å². The number of aryl methyl sites for hydroxylation is 1. The fraction of sp³-hybridized carbons (Fsp3) is 0.231. The van der Waals surface area contributed by atoms with Crippen LogP contribution in [0.2, 0.25) is 0 Å². The van der Waals surface area contributed by atoms with Gasteiger partial charge in [0.25, 0.3) is 0 Å². The summed E-state index contributed by atoms with van der Waals surface area (Å²) in [5.41, 5.74) is 7.68. The summed E-state index contributed by atoms with van der Waals surface area (Å²) in [6, 6.07) is 10.3. The van der Waals surface area contributed by atoms with Gasteiger partial charge in [-0.3, -0.25) is 4.57 Å². The molecule has 0 saturated carbocycles. The van der Waals surface area contributed by atoms with Crippen LogP contribution in [0.3, 0.4) is 0 Å². The lowest BCUT2D eigenvalue weighted by Gasteiger charge is -2.00. The normalized spacial score (nSPS) is 11.2. The molecule has 0 saturated heterocycles. The van der Waals surface area contributed by atoms with Crippen molar-refractivity contribution in [1.29, 1.82) is 0 Å². The Hall–Kier alpha value is -2.14. The van der Waals surface area contributed by atoms with Crippen LogP contribution in [0.15, 0.2) is 36.5 Å². The van der Waals surface area contributed by atoms with Crippen LogP contribution < -0.4 is 5.73 Å². The SMILES string of the molecule is Cn1c(Cc2ccccc2)nn2cc(CN)nc12. The third kappa shape index (κ3) is 1.78. The van der Waals surface area contributed by atoms with Crippen LogP contribution in [0.5, 0.6) is 0 Å². The van der Waals surface area contributed by atoms with Gasteiger partial charge in [0.15, 0.2) is 0 Å². The van der Waals surface area contributed by atoms with E-state index in [-0.39, 0.29) is 0 Å². The first-order chi connectivity index (χ1) is 8.78. The third-order valence-electron chi connectivity index (χ3n) is 3.04. The maximum Gasteiger partial charge on any atom is 0.232 e. The number of fused-ring (bicyclic) bond motifs is 1. The lowest BCUT2D eigenvalue weighted by atomic mass is 10.1. The highest BCUT2D eigenvalue weighted by molar-refractivity contribution is 5.33. The molecule has 5 nitrogen and oxygen atoms in total. The number of nitrogens with two attached hydrogens (primary N) is 1. The Morgan fingerprint density at radius 1 is 1.22 bits per heavy atom. The first-order valence-corrected chi connectivity index (χ1v) is 5.92. The van der Waals surface area contributed by atoms with Crippen LogP contribution in [-0.2, 0) is 20.0 Å². The minimum atomic E-state index is 0.442. The van der Waals surface area contributed by atoms with E-state index in [1.165, 1.54) is 5.56 Å². The van der Waals surface area contributed by atoms with Gasteiger partial charge < -0.3 is 5.73 Å². The van der Waals surface area contributed by atoms with Crippen molar-refractivity contribution in [2.45, 2.75) is 13.0 Å². The summed E-state index contributed by atoms with van der Waals surface area (Å²) in [6.45, 7) is 0.442. The Labute approximate surface area is 105 Å². The topological polar surface area (TPSA) is 61.1 Å². The molecule has 5 heteroatoms. The average Bonchev–Trinajstić information content (AvgIpc) is 2.92. The standard InChI is InChI=1S/C13H15N5/c1-17-12(7-10-5-3-2-4-6-10)16-18-9-11(8-14)15-13(17)18/h2-6,9H,7-8,14H2,1H3. The largest absolute Gasteiger partial charge is 0.325 e. The van der Waals surface area contributed by atoms with Gasteiger partial charge in [-0.1, -0.05) is 30.3 Å². The van der Waals surface area contributed by atoms with Crippen molar-refractivity contribution in [3.8, 4) is 0 Å². The molecule has 0 radical (unpaired) electrons. The molecule has 0 aliphatic heterocycles. The summed E-state index contributed by atoms with van der Waals surface area (Å²) in [5, 5.41) is 4.54. The van der Waals surface area contributed by atoms with Crippen molar-refractivity contribution in [2.24, 2.45) is 12.8 Å². The number of hydrogen-bond acceptors (Lipinski definition) is 3. The fourth-order valence-corrected chi connectivity index (χ4v) is 2.05. The van der Waals surface area contributed by atoms with Gasteiger partial charge in [0.1, 0.15) is 5.82 Å². The summed E-state index contributed by atoms with van der Waals surface area (Å²) in [6.07, 6.45) is 2.68. The highest BCUT2D eigenvalue weighted by Crippen LogP contribution is 2.11. The van der Waals surface area contributed by atoms with E-state index in [1.54, 1.807) is 4.52 Å². The minimum Gasteiger partial charge on any atom is -0.325 e. The van der Waals surface area contributed by atoms with Gasteiger partial charge in [0.2, 0.25) is 5.78 Å². The molecule has 2 N–H and O–H groups in total. The molecule has 1 aromatic carbocycles. The molecule has 0 fully saturated rings. The van der Waals surface area contributed by atoms with Crippen molar-refractivity contribution in [1.82, 2.24) is 19.2 Å². The molecule has 0 aliphatic carbocycles. The van der Waals surface area contributed by atoms with E-state index in [1.807, 2.05) is 36.0 Å². The monoisotopic (exact) mass is 241 g/mol. The number of imidazole rings is 1. The lowest BCUT2D eigenvalue weighted by Crippen LogP contribution is -2.01. The molecule has 0 amide bonds. The molecule has 18 heavy (non-hydrogen) atoms. The smallest absolute Gasteiger partial charge is 0.232 e. The molecule has 0 spiro atoms. The molecule has 0 aliphatic rings. The summed E-state index contributed by atoms with van der Waals surface area (Å²) < 4.78 is 3.80. The van der Waals surface area contributed by atoms with Crippen molar-refractivity contribution in [2.75, 3.05) is 0 Å². The molecule has 2 heterocycles. The number of nitrogens with zero attached hydrogens (tertiary/aromatic N) is 4.